The third-order valence-electron chi connectivity index (χ3n) is 1.16. The number of nitrogens with zero attached hydrogens (tertiary/aromatic N) is 1. The molecule has 0 unspecified atom stereocenters. The van der Waals surface area contributed by atoms with Crippen molar-refractivity contribution in [1.29, 1.82) is 5.26 Å². The van der Waals surface area contributed by atoms with Crippen LogP contribution in [0.4, 0.5) is 0 Å². The maximum Gasteiger partial charge on any atom is 0.329 e. The Kier molecular flexibility index (Phi) is 4.46. The second-order valence-electron chi connectivity index (χ2n) is 2.14. The Balaban J connectivity index is 4.14. The zero-order chi connectivity index (χ0) is 9.56. The molecule has 12 heavy (non-hydrogen) atoms. The minimum Gasteiger partial charge on any atom is -0.467 e. The number of nitrogens with one attached hydrogen (secondary N) is 1. The highest BCUT2D eigenvalue weighted by Gasteiger charge is 2.18. The summed E-state index contributed by atoms with van der Waals surface area (Å²) in [5.41, 5.74) is 0. The van der Waals surface area contributed by atoms with Gasteiger partial charge >= 0.3 is 5.97 Å². The lowest BCUT2D eigenvalue weighted by Crippen LogP contribution is -2.40. The summed E-state index contributed by atoms with van der Waals surface area (Å²) in [7, 11) is 1.20. The Morgan fingerprint density at radius 1 is 1.67 bits per heavy atom. The predicted octanol–water partition coefficient (Wildman–Crippen LogP) is -0.422. The largest absolute Gasteiger partial charge is 0.467 e. The van der Waals surface area contributed by atoms with E-state index in [9.17, 15) is 9.59 Å². The summed E-state index contributed by atoms with van der Waals surface area (Å²) in [4.78, 5) is 21.4. The van der Waals surface area contributed by atoms with Crippen molar-refractivity contribution in [3.05, 3.63) is 0 Å². The lowest BCUT2D eigenvalue weighted by Gasteiger charge is -2.10. The second kappa shape index (κ2) is 5.13. The van der Waals surface area contributed by atoms with Gasteiger partial charge in [-0.1, -0.05) is 0 Å². The molecule has 0 bridgehead atoms. The number of esters is 1. The molecule has 0 aliphatic heterocycles. The lowest BCUT2D eigenvalue weighted by atomic mass is 10.2. The number of rotatable bonds is 3. The second-order valence-corrected chi connectivity index (χ2v) is 2.14. The SMILES string of the molecule is COC(=O)[C@H](CC#N)NC(C)=O. The molecule has 0 rings (SSSR count). The van der Waals surface area contributed by atoms with Crippen molar-refractivity contribution in [2.45, 2.75) is 19.4 Å². The van der Waals surface area contributed by atoms with Gasteiger partial charge in [-0.3, -0.25) is 4.79 Å². The molecule has 0 aromatic rings. The van der Waals surface area contributed by atoms with Crippen LogP contribution < -0.4 is 5.32 Å². The number of nitriles is 1. The zero-order valence-corrected chi connectivity index (χ0v) is 6.96. The normalized spacial score (nSPS) is 11.1. The molecule has 5 nitrogen and oxygen atoms in total. The molecule has 0 aliphatic rings. The monoisotopic (exact) mass is 170 g/mol. The van der Waals surface area contributed by atoms with Crippen LogP contribution in [-0.2, 0) is 14.3 Å². The fourth-order valence-corrected chi connectivity index (χ4v) is 0.672. The van der Waals surface area contributed by atoms with Crippen molar-refractivity contribution >= 4 is 11.9 Å². The Morgan fingerprint density at radius 2 is 2.25 bits per heavy atom. The van der Waals surface area contributed by atoms with E-state index in [1.165, 1.54) is 14.0 Å². The summed E-state index contributed by atoms with van der Waals surface area (Å²) in [5, 5.41) is 10.6. The molecular formula is C7H10N2O3. The number of carbonyl (C=O) groups excluding carboxylic acids is 2. The molecule has 1 atom stereocenters. The van der Waals surface area contributed by atoms with Crippen molar-refractivity contribution in [2.75, 3.05) is 7.11 Å². The van der Waals surface area contributed by atoms with Gasteiger partial charge in [-0.25, -0.2) is 4.79 Å². The molecule has 0 spiro atoms. The fraction of sp³-hybridized carbons (Fsp3) is 0.571. The molecule has 0 aromatic heterocycles. The van der Waals surface area contributed by atoms with Crippen LogP contribution in [0.25, 0.3) is 0 Å². The quantitative estimate of drug-likeness (QED) is 0.583. The summed E-state index contributed by atoms with van der Waals surface area (Å²) in [6.07, 6.45) is -0.0771. The minimum absolute atomic E-state index is 0.0771. The van der Waals surface area contributed by atoms with Gasteiger partial charge in [0, 0.05) is 6.92 Å². The average Bonchev–Trinajstić information content (AvgIpc) is 2.01. The van der Waals surface area contributed by atoms with Crippen molar-refractivity contribution in [3.8, 4) is 6.07 Å². The molecule has 66 valence electrons. The Morgan fingerprint density at radius 3 is 2.58 bits per heavy atom. The molecule has 0 heterocycles. The molecule has 0 radical (unpaired) electrons. The minimum atomic E-state index is -0.850. The van der Waals surface area contributed by atoms with Crippen LogP contribution in [0.3, 0.4) is 0 Å². The van der Waals surface area contributed by atoms with Gasteiger partial charge in [0.15, 0.2) is 0 Å². The summed E-state index contributed by atoms with van der Waals surface area (Å²) in [6.45, 7) is 1.27. The fourth-order valence-electron chi connectivity index (χ4n) is 0.672. The van der Waals surface area contributed by atoms with Crippen molar-refractivity contribution < 1.29 is 14.3 Å². The van der Waals surface area contributed by atoms with Gasteiger partial charge < -0.3 is 10.1 Å². The third-order valence-corrected chi connectivity index (χ3v) is 1.16. The molecule has 1 N–H and O–H groups in total. The smallest absolute Gasteiger partial charge is 0.329 e. The van der Waals surface area contributed by atoms with Gasteiger partial charge in [-0.05, 0) is 0 Å². The first-order chi connectivity index (χ1) is 5.61. The maximum absolute atomic E-state index is 10.8. The van der Waals surface area contributed by atoms with E-state index < -0.39 is 12.0 Å². The van der Waals surface area contributed by atoms with E-state index in [2.05, 4.69) is 10.1 Å². The standard InChI is InChI=1S/C7H10N2O3/c1-5(10)9-6(3-4-8)7(11)12-2/h6H,3H2,1-2H3,(H,9,10)/t6-/m0/s1. The molecular weight excluding hydrogens is 160 g/mol. The van der Waals surface area contributed by atoms with Crippen LogP contribution in [0.15, 0.2) is 0 Å². The number of carbonyl (C=O) groups is 2. The molecule has 0 saturated carbocycles. The van der Waals surface area contributed by atoms with Crippen LogP contribution in [0, 0.1) is 11.3 Å². The Hall–Kier alpha value is -1.57. The maximum atomic E-state index is 10.8. The van der Waals surface area contributed by atoms with Crippen LogP contribution >= 0.6 is 0 Å². The average molecular weight is 170 g/mol. The summed E-state index contributed by atoms with van der Waals surface area (Å²) in [6, 6.07) is 0.923. The van der Waals surface area contributed by atoms with Crippen molar-refractivity contribution in [1.82, 2.24) is 5.32 Å². The molecule has 0 saturated heterocycles. The van der Waals surface area contributed by atoms with Gasteiger partial charge in [0.25, 0.3) is 0 Å². The predicted molar refractivity (Wildman–Crippen MR) is 39.9 cm³/mol. The number of methoxy groups -OCH3 is 1. The molecule has 1 amide bonds. The van der Waals surface area contributed by atoms with E-state index in [1.54, 1.807) is 6.07 Å². The van der Waals surface area contributed by atoms with Gasteiger partial charge in [0.05, 0.1) is 19.6 Å². The first-order valence-electron chi connectivity index (χ1n) is 3.33. The van der Waals surface area contributed by atoms with E-state index in [0.29, 0.717) is 0 Å². The van der Waals surface area contributed by atoms with Crippen LogP contribution in [0.1, 0.15) is 13.3 Å². The molecule has 0 fully saturated rings. The highest BCUT2D eigenvalue weighted by Crippen LogP contribution is 1.93. The van der Waals surface area contributed by atoms with E-state index in [-0.39, 0.29) is 12.3 Å². The lowest BCUT2D eigenvalue weighted by molar-refractivity contribution is -0.144. The summed E-state index contributed by atoms with van der Waals surface area (Å²) in [5.74, 6) is -0.965. The van der Waals surface area contributed by atoms with Gasteiger partial charge in [-0.15, -0.1) is 0 Å². The van der Waals surface area contributed by atoms with E-state index in [0.717, 1.165) is 0 Å². The molecule has 5 heteroatoms. The van der Waals surface area contributed by atoms with E-state index in [4.69, 9.17) is 5.26 Å². The van der Waals surface area contributed by atoms with Crippen LogP contribution in [0.2, 0.25) is 0 Å². The molecule has 0 aliphatic carbocycles. The van der Waals surface area contributed by atoms with Gasteiger partial charge in [0.2, 0.25) is 5.91 Å². The number of hydrogen-bond donors (Lipinski definition) is 1. The van der Waals surface area contributed by atoms with Gasteiger partial charge in [0.1, 0.15) is 6.04 Å². The summed E-state index contributed by atoms with van der Waals surface area (Å²) < 4.78 is 4.36. The Bertz CT molecular complexity index is 219. The number of hydrogen-bond acceptors (Lipinski definition) is 4. The van der Waals surface area contributed by atoms with E-state index in [1.807, 2.05) is 0 Å². The highest BCUT2D eigenvalue weighted by molar-refractivity contribution is 5.83. The first kappa shape index (κ1) is 10.4. The Labute approximate surface area is 70.3 Å². The topological polar surface area (TPSA) is 79.2 Å². The van der Waals surface area contributed by atoms with Crippen LogP contribution in [0.5, 0.6) is 0 Å². The van der Waals surface area contributed by atoms with Gasteiger partial charge in [-0.2, -0.15) is 5.26 Å². The zero-order valence-electron chi connectivity index (χ0n) is 6.96. The van der Waals surface area contributed by atoms with Crippen LogP contribution in [-0.4, -0.2) is 25.0 Å². The van der Waals surface area contributed by atoms with E-state index >= 15 is 0 Å². The molecule has 0 aromatic carbocycles. The number of ether oxygens (including phenoxy) is 1. The third kappa shape index (κ3) is 3.56. The van der Waals surface area contributed by atoms with Crippen molar-refractivity contribution in [2.24, 2.45) is 0 Å². The van der Waals surface area contributed by atoms with Crippen molar-refractivity contribution in [3.63, 3.8) is 0 Å². The number of amides is 1. The summed E-state index contributed by atoms with van der Waals surface area (Å²) >= 11 is 0. The first-order valence-corrected chi connectivity index (χ1v) is 3.33. The highest BCUT2D eigenvalue weighted by atomic mass is 16.5.